The molecular formula is C32H27N3O5. The number of ether oxygens (including phenoxy) is 1. The second-order valence-corrected chi connectivity index (χ2v) is 9.54. The van der Waals surface area contributed by atoms with E-state index in [0.29, 0.717) is 22.7 Å². The van der Waals surface area contributed by atoms with Crippen molar-refractivity contribution in [2.45, 2.75) is 27.7 Å². The van der Waals surface area contributed by atoms with Crippen LogP contribution in [0.15, 0.2) is 90.5 Å². The number of esters is 1. The number of rotatable bonds is 5. The lowest BCUT2D eigenvalue weighted by atomic mass is 10.0. The van der Waals surface area contributed by atoms with Crippen molar-refractivity contribution in [2.24, 2.45) is 0 Å². The summed E-state index contributed by atoms with van der Waals surface area (Å²) in [6.07, 6.45) is 1.54. The molecule has 200 valence electrons. The molecule has 1 fully saturated rings. The molecule has 1 saturated heterocycles. The number of benzene rings is 3. The van der Waals surface area contributed by atoms with Gasteiger partial charge in [0.2, 0.25) is 0 Å². The molecular weight excluding hydrogens is 506 g/mol. The average molecular weight is 534 g/mol. The van der Waals surface area contributed by atoms with E-state index in [-0.39, 0.29) is 5.57 Å². The van der Waals surface area contributed by atoms with Crippen molar-refractivity contribution in [2.75, 3.05) is 9.80 Å². The minimum absolute atomic E-state index is 0.130. The van der Waals surface area contributed by atoms with Gasteiger partial charge in [-0.15, -0.1) is 0 Å². The second kappa shape index (κ2) is 10.5. The lowest BCUT2D eigenvalue weighted by Gasteiger charge is -2.34. The zero-order valence-electron chi connectivity index (χ0n) is 22.5. The van der Waals surface area contributed by atoms with E-state index < -0.39 is 23.8 Å². The Hall–Kier alpha value is -5.24. The first-order valence-corrected chi connectivity index (χ1v) is 12.7. The van der Waals surface area contributed by atoms with Gasteiger partial charge in [-0.05, 0) is 87.0 Å². The van der Waals surface area contributed by atoms with E-state index in [9.17, 15) is 19.2 Å². The minimum Gasteiger partial charge on any atom is -0.427 e. The van der Waals surface area contributed by atoms with Gasteiger partial charge < -0.3 is 9.30 Å². The number of anilines is 2. The van der Waals surface area contributed by atoms with Gasteiger partial charge in [0.25, 0.3) is 11.8 Å². The van der Waals surface area contributed by atoms with E-state index in [1.165, 1.54) is 6.92 Å². The van der Waals surface area contributed by atoms with Crippen molar-refractivity contribution < 1.29 is 23.9 Å². The van der Waals surface area contributed by atoms with Crippen LogP contribution < -0.4 is 14.5 Å². The van der Waals surface area contributed by atoms with E-state index in [1.54, 1.807) is 60.7 Å². The van der Waals surface area contributed by atoms with Crippen LogP contribution in [0.3, 0.4) is 0 Å². The summed E-state index contributed by atoms with van der Waals surface area (Å²) < 4.78 is 7.11. The molecule has 1 aliphatic heterocycles. The van der Waals surface area contributed by atoms with E-state index in [4.69, 9.17) is 4.74 Å². The van der Waals surface area contributed by atoms with Gasteiger partial charge in [-0.2, -0.15) is 0 Å². The number of urea groups is 1. The molecule has 1 aliphatic rings. The molecule has 8 heteroatoms. The molecule has 0 saturated carbocycles. The summed E-state index contributed by atoms with van der Waals surface area (Å²) in [6, 6.07) is 23.7. The number of carbonyl (C=O) groups excluding carboxylic acids is 4. The first-order chi connectivity index (χ1) is 19.2. The first kappa shape index (κ1) is 26.4. The fourth-order valence-electron chi connectivity index (χ4n) is 4.77. The van der Waals surface area contributed by atoms with Crippen molar-refractivity contribution in [3.8, 4) is 11.4 Å². The van der Waals surface area contributed by atoms with Crippen molar-refractivity contribution in [3.05, 3.63) is 113 Å². The number of hydrogen-bond donors (Lipinski definition) is 0. The summed E-state index contributed by atoms with van der Waals surface area (Å²) in [5.74, 6) is -1.36. The van der Waals surface area contributed by atoms with Gasteiger partial charge in [0, 0.05) is 24.0 Å². The summed E-state index contributed by atoms with van der Waals surface area (Å²) in [5, 5.41) is 0. The van der Waals surface area contributed by atoms with Crippen LogP contribution in [0.4, 0.5) is 16.2 Å². The highest BCUT2D eigenvalue weighted by molar-refractivity contribution is 6.46. The van der Waals surface area contributed by atoms with Crippen molar-refractivity contribution in [3.63, 3.8) is 0 Å². The molecule has 1 aromatic heterocycles. The Balaban J connectivity index is 1.60. The van der Waals surface area contributed by atoms with Gasteiger partial charge in [0.15, 0.2) is 0 Å². The number of amides is 4. The third-order valence-electron chi connectivity index (χ3n) is 6.68. The number of imide groups is 2. The zero-order chi connectivity index (χ0) is 28.6. The molecule has 0 N–H and O–H groups in total. The lowest BCUT2D eigenvalue weighted by molar-refractivity contribution is -0.132. The van der Waals surface area contributed by atoms with E-state index >= 15 is 0 Å². The number of para-hydroxylation sites is 1. The van der Waals surface area contributed by atoms with Crippen LogP contribution in [-0.2, 0) is 14.4 Å². The third kappa shape index (κ3) is 4.82. The maximum Gasteiger partial charge on any atom is 0.343 e. The van der Waals surface area contributed by atoms with Crippen LogP contribution in [0.25, 0.3) is 11.8 Å². The topological polar surface area (TPSA) is 88.9 Å². The van der Waals surface area contributed by atoms with E-state index in [0.717, 1.165) is 32.4 Å². The van der Waals surface area contributed by atoms with Gasteiger partial charge in [0.05, 0.1) is 11.4 Å². The quantitative estimate of drug-likeness (QED) is 0.138. The van der Waals surface area contributed by atoms with Gasteiger partial charge in [-0.3, -0.25) is 14.4 Å². The van der Waals surface area contributed by atoms with Crippen molar-refractivity contribution >= 4 is 41.3 Å². The summed E-state index contributed by atoms with van der Waals surface area (Å²) >= 11 is 0. The summed E-state index contributed by atoms with van der Waals surface area (Å²) in [6.45, 7) is 7.05. The number of hydrogen-bond acceptors (Lipinski definition) is 5. The third-order valence-corrected chi connectivity index (χ3v) is 6.68. The van der Waals surface area contributed by atoms with Crippen LogP contribution in [-0.4, -0.2) is 28.4 Å². The van der Waals surface area contributed by atoms with Crippen LogP contribution in [0, 0.1) is 20.8 Å². The van der Waals surface area contributed by atoms with Crippen molar-refractivity contribution in [1.29, 1.82) is 0 Å². The maximum absolute atomic E-state index is 13.8. The Morgan fingerprint density at radius 2 is 1.27 bits per heavy atom. The highest BCUT2D eigenvalue weighted by Crippen LogP contribution is 2.31. The Morgan fingerprint density at radius 3 is 1.85 bits per heavy atom. The highest BCUT2D eigenvalue weighted by Gasteiger charge is 2.43. The molecule has 4 aromatic rings. The molecule has 0 radical (unpaired) electrons. The standard InChI is InChI=1S/C32H27N3O5/c1-20-10-12-27(13-11-20)35-31(38)29(30(37)34(32(35)39)25-8-6-5-7-9-25)19-24-18-21(2)33(22(24)3)26-14-16-28(17-15-26)40-23(4)36/h5-19H,1-4H3/b29-19+. The molecule has 4 amide bonds. The Labute approximate surface area is 231 Å². The molecule has 0 aliphatic carbocycles. The molecule has 0 bridgehead atoms. The minimum atomic E-state index is -0.736. The summed E-state index contributed by atoms with van der Waals surface area (Å²) in [7, 11) is 0. The number of aryl methyl sites for hydroxylation is 2. The van der Waals surface area contributed by atoms with Crippen LogP contribution in [0.2, 0.25) is 0 Å². The smallest absolute Gasteiger partial charge is 0.343 e. The molecule has 0 spiro atoms. The van der Waals surface area contributed by atoms with Crippen LogP contribution >= 0.6 is 0 Å². The Bertz CT molecular complexity index is 1670. The molecule has 40 heavy (non-hydrogen) atoms. The predicted molar refractivity (Wildman–Crippen MR) is 153 cm³/mol. The first-order valence-electron chi connectivity index (χ1n) is 12.7. The molecule has 5 rings (SSSR count). The van der Waals surface area contributed by atoms with Crippen LogP contribution in [0.5, 0.6) is 5.75 Å². The Kier molecular flexibility index (Phi) is 6.92. The molecule has 0 unspecified atom stereocenters. The number of barbiturate groups is 1. The number of carbonyl (C=O) groups is 4. The zero-order valence-corrected chi connectivity index (χ0v) is 22.5. The average Bonchev–Trinajstić information content (AvgIpc) is 3.21. The molecule has 0 atom stereocenters. The molecule has 2 heterocycles. The predicted octanol–water partition coefficient (Wildman–Crippen LogP) is 5.91. The van der Waals surface area contributed by atoms with Crippen molar-refractivity contribution in [1.82, 2.24) is 4.57 Å². The number of nitrogens with zero attached hydrogens (tertiary/aromatic N) is 3. The van der Waals surface area contributed by atoms with E-state index in [1.807, 2.05) is 55.7 Å². The Morgan fingerprint density at radius 1 is 0.725 bits per heavy atom. The monoisotopic (exact) mass is 533 g/mol. The van der Waals surface area contributed by atoms with E-state index in [2.05, 4.69) is 0 Å². The fraction of sp³-hybridized carbons (Fsp3) is 0.125. The lowest BCUT2D eigenvalue weighted by Crippen LogP contribution is -2.57. The summed E-state index contributed by atoms with van der Waals surface area (Å²) in [4.78, 5) is 54.4. The van der Waals surface area contributed by atoms with Gasteiger partial charge in [-0.1, -0.05) is 35.9 Å². The second-order valence-electron chi connectivity index (χ2n) is 9.54. The fourth-order valence-corrected chi connectivity index (χ4v) is 4.77. The maximum atomic E-state index is 13.8. The number of aromatic nitrogens is 1. The SMILES string of the molecule is CC(=O)Oc1ccc(-n2c(C)cc(/C=C3\C(=O)N(c4ccccc4)C(=O)N(c4ccc(C)cc4)C3=O)c2C)cc1. The largest absolute Gasteiger partial charge is 0.427 e. The summed E-state index contributed by atoms with van der Waals surface area (Å²) in [5.41, 5.74) is 4.71. The van der Waals surface area contributed by atoms with Gasteiger partial charge in [-0.25, -0.2) is 14.6 Å². The van der Waals surface area contributed by atoms with Crippen LogP contribution in [0.1, 0.15) is 29.4 Å². The normalized spacial score (nSPS) is 14.7. The highest BCUT2D eigenvalue weighted by atomic mass is 16.5. The molecule has 8 nitrogen and oxygen atoms in total. The van der Waals surface area contributed by atoms with Gasteiger partial charge >= 0.3 is 12.0 Å². The molecule has 3 aromatic carbocycles. The van der Waals surface area contributed by atoms with Gasteiger partial charge in [0.1, 0.15) is 11.3 Å².